The molecule has 2 aromatic heterocycles. The molecule has 0 spiro atoms. The SMILES string of the molecule is CCn1c(-c2cc(C3(C)CCN(C4CC4)CC3)cnc2[C@H](C)OC)c2c3cc(ccc31)-c1cc3cc(c1)OC[C@H]1NCC[C@@H]1C(=O)N(C)[C@@H](C(C)C)C(=O)N[C@@H](C3)C(=O)N1CCC[C@H](N1)C(=O)OCC(C)(C)C2. The van der Waals surface area contributed by atoms with Crippen LogP contribution in [0.1, 0.15) is 122 Å². The van der Waals surface area contributed by atoms with Crippen molar-refractivity contribution in [3.05, 3.63) is 71.0 Å². The number of fused-ring (bicyclic) bond motifs is 8. The summed E-state index contributed by atoms with van der Waals surface area (Å²) in [6.07, 6.45) is 8.96. The van der Waals surface area contributed by atoms with Crippen LogP contribution in [0.25, 0.3) is 33.3 Å². The molecule has 73 heavy (non-hydrogen) atoms. The summed E-state index contributed by atoms with van der Waals surface area (Å²) in [4.78, 5) is 67.6. The number of ether oxygens (including phenoxy) is 3. The zero-order chi connectivity index (χ0) is 51.5. The molecule has 15 nitrogen and oxygen atoms in total. The van der Waals surface area contributed by atoms with Gasteiger partial charge >= 0.3 is 5.97 Å². The number of pyridine rings is 1. The van der Waals surface area contributed by atoms with E-state index in [0.29, 0.717) is 51.1 Å². The average Bonchev–Trinajstić information content (AvgIpc) is 4.05. The minimum Gasteiger partial charge on any atom is -0.492 e. The second-order valence-electron chi connectivity index (χ2n) is 23.5. The van der Waals surface area contributed by atoms with Gasteiger partial charge in [0.05, 0.1) is 36.1 Å². The first kappa shape index (κ1) is 51.1. The third kappa shape index (κ3) is 10.2. The van der Waals surface area contributed by atoms with Crippen molar-refractivity contribution in [1.82, 2.24) is 40.4 Å². The molecule has 5 aliphatic heterocycles. The number of carbonyl (C=O) groups excluding carboxylic acids is 4. The van der Waals surface area contributed by atoms with Crippen molar-refractivity contribution in [3.63, 3.8) is 0 Å². The number of hydrogen-bond acceptors (Lipinski definition) is 11. The molecule has 0 unspecified atom stereocenters. The molecule has 8 bridgehead atoms. The minimum atomic E-state index is -1.04. The van der Waals surface area contributed by atoms with Crippen LogP contribution in [0, 0.1) is 17.3 Å². The molecule has 6 aliphatic rings. The maximum Gasteiger partial charge on any atom is 0.324 e. The Balaban J connectivity index is 1.15. The Morgan fingerprint density at radius 3 is 2.40 bits per heavy atom. The third-order valence-corrected chi connectivity index (χ3v) is 17.2. The highest BCUT2D eigenvalue weighted by atomic mass is 16.5. The molecule has 2 aromatic carbocycles. The topological polar surface area (TPSA) is 160 Å². The molecule has 0 radical (unpaired) electrons. The number of nitrogens with zero attached hydrogens (tertiary/aromatic N) is 5. The third-order valence-electron chi connectivity index (χ3n) is 17.2. The quantitative estimate of drug-likeness (QED) is 0.162. The number of piperidine rings is 1. The largest absolute Gasteiger partial charge is 0.492 e. The van der Waals surface area contributed by atoms with E-state index in [-0.39, 0.29) is 54.9 Å². The maximum atomic E-state index is 14.9. The van der Waals surface area contributed by atoms with E-state index < -0.39 is 41.3 Å². The van der Waals surface area contributed by atoms with E-state index in [0.717, 1.165) is 82.1 Å². The normalized spacial score (nSPS) is 26.6. The fourth-order valence-electron chi connectivity index (χ4n) is 12.6. The Labute approximate surface area is 431 Å². The highest BCUT2D eigenvalue weighted by Crippen LogP contribution is 2.45. The number of benzene rings is 2. The van der Waals surface area contributed by atoms with Crippen molar-refractivity contribution >= 4 is 34.6 Å². The summed E-state index contributed by atoms with van der Waals surface area (Å²) in [6, 6.07) is 13.0. The van der Waals surface area contributed by atoms with Crippen LogP contribution in [0.5, 0.6) is 5.75 Å². The van der Waals surface area contributed by atoms with Crippen molar-refractivity contribution < 1.29 is 33.4 Å². The zero-order valence-corrected chi connectivity index (χ0v) is 44.6. The standard InChI is InChI=1S/C58H78N8O7/c1-10-65-49-16-13-37-28-43(49)45(52(65)44-29-39(31-60-50(44)35(4)71-9)58(7)18-22-64(23-19-58)40-14-15-40)30-57(5,6)33-73-56(70)46-12-11-21-66(62-46)55(69)47-26-36-24-38(37)27-41(25-36)72-32-48-42(17-20-59-48)54(68)63(8)51(34(2)3)53(67)61-47/h13,16,24-25,27-29,31,34-35,40,42,46-48,51,59,62H,10-12,14-15,17-23,26,30,32-33H2,1-9H3,(H,61,67)/t35-,42-,46-,47-,48+,51-/m0/s1. The van der Waals surface area contributed by atoms with Crippen molar-refractivity contribution in [2.24, 2.45) is 17.3 Å². The van der Waals surface area contributed by atoms with E-state index in [1.54, 1.807) is 19.1 Å². The number of esters is 1. The van der Waals surface area contributed by atoms with Gasteiger partial charge < -0.3 is 39.2 Å². The van der Waals surface area contributed by atoms with Crippen LogP contribution in [0.4, 0.5) is 0 Å². The molecule has 10 rings (SSSR count). The van der Waals surface area contributed by atoms with Crippen LogP contribution in [0.3, 0.4) is 0 Å². The van der Waals surface area contributed by atoms with Gasteiger partial charge in [0.15, 0.2) is 0 Å². The van der Waals surface area contributed by atoms with Crippen molar-refractivity contribution in [1.29, 1.82) is 0 Å². The van der Waals surface area contributed by atoms with E-state index in [9.17, 15) is 19.2 Å². The molecular formula is C58H78N8O7. The van der Waals surface area contributed by atoms with Gasteiger partial charge in [0.2, 0.25) is 11.8 Å². The van der Waals surface area contributed by atoms with Gasteiger partial charge in [-0.1, -0.05) is 46.8 Å². The number of hydrogen-bond donors (Lipinski definition) is 3. The Bertz CT molecular complexity index is 2760. The number of aromatic nitrogens is 2. The summed E-state index contributed by atoms with van der Waals surface area (Å²) in [5, 5.41) is 9.20. The van der Waals surface area contributed by atoms with Crippen LogP contribution in [0.2, 0.25) is 0 Å². The van der Waals surface area contributed by atoms with Gasteiger partial charge in [0.25, 0.3) is 5.91 Å². The number of hydrazine groups is 1. The van der Waals surface area contributed by atoms with Gasteiger partial charge in [0, 0.05) is 67.8 Å². The van der Waals surface area contributed by atoms with Crippen LogP contribution in [0.15, 0.2) is 48.7 Å². The summed E-state index contributed by atoms with van der Waals surface area (Å²) < 4.78 is 21.5. The van der Waals surface area contributed by atoms with Gasteiger partial charge in [-0.3, -0.25) is 29.2 Å². The second-order valence-corrected chi connectivity index (χ2v) is 23.5. The van der Waals surface area contributed by atoms with Gasteiger partial charge in [-0.15, -0.1) is 0 Å². The van der Waals surface area contributed by atoms with Crippen LogP contribution in [-0.4, -0.2) is 132 Å². The van der Waals surface area contributed by atoms with E-state index >= 15 is 0 Å². The number of nitrogens with one attached hydrogen (secondary N) is 3. The zero-order valence-electron chi connectivity index (χ0n) is 44.6. The van der Waals surface area contributed by atoms with E-state index in [1.165, 1.54) is 23.4 Å². The minimum absolute atomic E-state index is 0.0396. The molecular weight excluding hydrogens is 921 g/mol. The first-order valence-corrected chi connectivity index (χ1v) is 27.2. The summed E-state index contributed by atoms with van der Waals surface area (Å²) in [7, 11) is 3.43. The number of likely N-dealkylation sites (tertiary alicyclic amines) is 1. The van der Waals surface area contributed by atoms with Gasteiger partial charge in [-0.25, -0.2) is 5.43 Å². The van der Waals surface area contributed by atoms with Crippen molar-refractivity contribution in [2.75, 3.05) is 53.6 Å². The Kier molecular flexibility index (Phi) is 14.3. The van der Waals surface area contributed by atoms with Crippen molar-refractivity contribution in [3.8, 4) is 28.1 Å². The molecule has 392 valence electrons. The number of aryl methyl sites for hydroxylation is 1. The highest BCUT2D eigenvalue weighted by Gasteiger charge is 2.43. The Hall–Kier alpha value is -5.35. The lowest BCUT2D eigenvalue weighted by molar-refractivity contribution is -0.155. The molecule has 4 fully saturated rings. The smallest absolute Gasteiger partial charge is 0.324 e. The summed E-state index contributed by atoms with van der Waals surface area (Å²) in [5.41, 5.74) is 11.8. The van der Waals surface area contributed by atoms with E-state index in [4.69, 9.17) is 19.2 Å². The molecule has 3 amide bonds. The number of amides is 3. The molecule has 3 saturated heterocycles. The summed E-state index contributed by atoms with van der Waals surface area (Å²) in [6.45, 7) is 19.1. The molecule has 1 saturated carbocycles. The maximum absolute atomic E-state index is 14.9. The lowest BCUT2D eigenvalue weighted by atomic mass is 9.74. The number of likely N-dealkylation sites (N-methyl/N-ethyl adjacent to an activating group) is 1. The van der Waals surface area contributed by atoms with Gasteiger partial charge in [-0.05, 0) is 154 Å². The number of rotatable bonds is 7. The summed E-state index contributed by atoms with van der Waals surface area (Å²) >= 11 is 0. The highest BCUT2D eigenvalue weighted by molar-refractivity contribution is 5.96. The predicted molar refractivity (Wildman–Crippen MR) is 282 cm³/mol. The summed E-state index contributed by atoms with van der Waals surface area (Å²) in [5.74, 6) is -1.38. The lowest BCUT2D eigenvalue weighted by Gasteiger charge is -2.40. The Morgan fingerprint density at radius 1 is 0.890 bits per heavy atom. The van der Waals surface area contributed by atoms with Gasteiger partial charge in [0.1, 0.15) is 30.5 Å². The molecule has 15 heteroatoms. The molecule has 7 heterocycles. The fraction of sp³-hybridized carbons (Fsp3) is 0.603. The van der Waals surface area contributed by atoms with E-state index in [2.05, 4.69) is 103 Å². The average molecular weight is 999 g/mol. The predicted octanol–water partition coefficient (Wildman–Crippen LogP) is 7.12. The first-order valence-electron chi connectivity index (χ1n) is 27.2. The number of carbonyl (C=O) groups is 4. The molecule has 6 atom stereocenters. The van der Waals surface area contributed by atoms with Crippen LogP contribution >= 0.6 is 0 Å². The Morgan fingerprint density at radius 2 is 1.67 bits per heavy atom. The fourth-order valence-corrected chi connectivity index (χ4v) is 12.6. The van der Waals surface area contributed by atoms with Crippen LogP contribution < -0.4 is 20.8 Å². The monoisotopic (exact) mass is 999 g/mol. The second kappa shape index (κ2) is 20.4. The van der Waals surface area contributed by atoms with Crippen LogP contribution in [-0.2, 0) is 53.5 Å². The first-order chi connectivity index (χ1) is 34.9. The molecule has 1 aliphatic carbocycles. The van der Waals surface area contributed by atoms with Gasteiger partial charge in [-0.2, -0.15) is 0 Å². The molecule has 3 N–H and O–H groups in total. The number of methoxy groups -OCH3 is 1. The lowest BCUT2D eigenvalue weighted by Crippen LogP contribution is -2.62. The van der Waals surface area contributed by atoms with Crippen molar-refractivity contribution in [2.45, 2.75) is 155 Å². The molecule has 4 aromatic rings. The number of cyclic esters (lactones) is 1. The van der Waals surface area contributed by atoms with E-state index in [1.807, 2.05) is 19.9 Å².